The second-order valence-electron chi connectivity index (χ2n) is 4.63. The number of hydrogen-bond acceptors (Lipinski definition) is 1. The molecule has 1 fully saturated rings. The minimum absolute atomic E-state index is 0.000000000000000444. The zero-order chi connectivity index (χ0) is 12.8. The van der Waals surface area contributed by atoms with Crippen LogP contribution in [-0.2, 0) is 11.6 Å². The highest BCUT2D eigenvalue weighted by molar-refractivity contribution is 5.42. The number of nitrogens with two attached hydrogens (primary N) is 1. The second kappa shape index (κ2) is 3.70. The zero-order valence-corrected chi connectivity index (χ0v) is 9.31. The molecule has 0 radical (unpaired) electrons. The van der Waals surface area contributed by atoms with Crippen molar-refractivity contribution in [1.29, 1.82) is 0 Å². The summed E-state index contributed by atoms with van der Waals surface area (Å²) in [5.74, 6) is -0.653. The number of hydrogen-bond donors (Lipinski definition) is 1. The van der Waals surface area contributed by atoms with Gasteiger partial charge >= 0.3 is 6.18 Å². The fourth-order valence-electron chi connectivity index (χ4n) is 2.28. The zero-order valence-electron chi connectivity index (χ0n) is 9.31. The summed E-state index contributed by atoms with van der Waals surface area (Å²) in [6, 6.07) is 2.20. The van der Waals surface area contributed by atoms with Crippen LogP contribution in [0.1, 0.15) is 30.9 Å². The molecule has 1 nitrogen and oxygen atoms in total. The first-order valence-electron chi connectivity index (χ1n) is 5.40. The number of halogens is 4. The minimum Gasteiger partial charge on any atom is -0.327 e. The Hall–Kier alpha value is -1.10. The first-order valence-corrected chi connectivity index (χ1v) is 5.40. The van der Waals surface area contributed by atoms with Crippen molar-refractivity contribution < 1.29 is 17.6 Å². The molecule has 1 aromatic carbocycles. The van der Waals surface area contributed by atoms with Gasteiger partial charge in [0.2, 0.25) is 0 Å². The average Bonchev–Trinajstić information content (AvgIpc) is 2.95. The Morgan fingerprint density at radius 2 is 1.88 bits per heavy atom. The van der Waals surface area contributed by atoms with Crippen molar-refractivity contribution >= 4 is 0 Å². The molecule has 1 unspecified atom stereocenters. The van der Waals surface area contributed by atoms with Crippen molar-refractivity contribution in [2.75, 3.05) is 0 Å². The van der Waals surface area contributed by atoms with Gasteiger partial charge in [-0.2, -0.15) is 13.2 Å². The molecule has 0 aromatic heterocycles. The van der Waals surface area contributed by atoms with Crippen molar-refractivity contribution in [1.82, 2.24) is 0 Å². The van der Waals surface area contributed by atoms with Gasteiger partial charge < -0.3 is 5.73 Å². The Bertz CT molecular complexity index is 433. The lowest BCUT2D eigenvalue weighted by Gasteiger charge is -2.24. The van der Waals surface area contributed by atoms with Gasteiger partial charge in [-0.1, -0.05) is 0 Å². The van der Waals surface area contributed by atoms with Crippen LogP contribution in [0.3, 0.4) is 0 Å². The van der Waals surface area contributed by atoms with E-state index in [9.17, 15) is 17.6 Å². The molecule has 1 aliphatic carbocycles. The molecular formula is C12H13F4N. The number of alkyl halides is 3. The SMILES string of the molecule is CC(N)C1(c2cc(F)ccc2C(F)(F)F)CC1. The van der Waals surface area contributed by atoms with Gasteiger partial charge in [0.1, 0.15) is 5.82 Å². The highest BCUT2D eigenvalue weighted by atomic mass is 19.4. The van der Waals surface area contributed by atoms with Gasteiger partial charge in [0, 0.05) is 11.5 Å². The quantitative estimate of drug-likeness (QED) is 0.798. The van der Waals surface area contributed by atoms with E-state index in [1.807, 2.05) is 0 Å². The summed E-state index contributed by atoms with van der Waals surface area (Å²) in [5.41, 5.74) is 4.27. The second-order valence-corrected chi connectivity index (χ2v) is 4.63. The lowest BCUT2D eigenvalue weighted by molar-refractivity contribution is -0.138. The molecular weight excluding hydrogens is 234 g/mol. The van der Waals surface area contributed by atoms with Crippen LogP contribution in [-0.4, -0.2) is 6.04 Å². The topological polar surface area (TPSA) is 26.0 Å². The maximum atomic E-state index is 13.1. The highest BCUT2D eigenvalue weighted by Gasteiger charge is 2.51. The van der Waals surface area contributed by atoms with Gasteiger partial charge in [0.25, 0.3) is 0 Å². The van der Waals surface area contributed by atoms with E-state index in [0.29, 0.717) is 12.8 Å². The van der Waals surface area contributed by atoms with E-state index in [2.05, 4.69) is 0 Å². The standard InChI is InChI=1S/C12H13F4N/c1-7(17)11(4-5-11)10-6-8(13)2-3-9(10)12(14,15)16/h2-3,6-7H,4-5,17H2,1H3. The third-order valence-electron chi connectivity index (χ3n) is 3.48. The number of rotatable bonds is 2. The Labute approximate surface area is 96.6 Å². The molecule has 5 heteroatoms. The Kier molecular flexibility index (Phi) is 2.69. The summed E-state index contributed by atoms with van der Waals surface area (Å²) in [5, 5.41) is 0. The van der Waals surface area contributed by atoms with Crippen LogP contribution in [0.15, 0.2) is 18.2 Å². The van der Waals surface area contributed by atoms with Crippen LogP contribution in [0.25, 0.3) is 0 Å². The van der Waals surface area contributed by atoms with E-state index in [0.717, 1.165) is 18.2 Å². The van der Waals surface area contributed by atoms with Crippen LogP contribution >= 0.6 is 0 Å². The molecule has 1 aliphatic rings. The fourth-order valence-corrected chi connectivity index (χ4v) is 2.28. The van der Waals surface area contributed by atoms with Crippen molar-refractivity contribution in [3.05, 3.63) is 35.1 Å². The molecule has 1 saturated carbocycles. The largest absolute Gasteiger partial charge is 0.416 e. The normalized spacial score (nSPS) is 20.1. The molecule has 0 amide bonds. The minimum atomic E-state index is -4.46. The highest BCUT2D eigenvalue weighted by Crippen LogP contribution is 2.53. The van der Waals surface area contributed by atoms with Gasteiger partial charge in [0.05, 0.1) is 5.56 Å². The van der Waals surface area contributed by atoms with Gasteiger partial charge in [-0.05, 0) is 43.5 Å². The molecule has 0 aliphatic heterocycles. The lowest BCUT2D eigenvalue weighted by Crippen LogP contribution is -2.33. The summed E-state index contributed by atoms with van der Waals surface area (Å²) < 4.78 is 51.7. The van der Waals surface area contributed by atoms with E-state index in [4.69, 9.17) is 5.73 Å². The van der Waals surface area contributed by atoms with Crippen LogP contribution in [0.5, 0.6) is 0 Å². The van der Waals surface area contributed by atoms with Crippen molar-refractivity contribution in [2.45, 2.75) is 37.4 Å². The molecule has 2 rings (SSSR count). The molecule has 0 saturated heterocycles. The van der Waals surface area contributed by atoms with E-state index < -0.39 is 29.0 Å². The lowest BCUT2D eigenvalue weighted by atomic mass is 9.86. The van der Waals surface area contributed by atoms with Crippen LogP contribution in [0, 0.1) is 5.82 Å². The molecule has 1 aromatic rings. The van der Waals surface area contributed by atoms with Crippen molar-refractivity contribution in [2.24, 2.45) is 5.73 Å². The Morgan fingerprint density at radius 1 is 1.29 bits per heavy atom. The van der Waals surface area contributed by atoms with E-state index >= 15 is 0 Å². The average molecular weight is 247 g/mol. The maximum absolute atomic E-state index is 13.1. The third-order valence-corrected chi connectivity index (χ3v) is 3.48. The molecule has 0 bridgehead atoms. The van der Waals surface area contributed by atoms with Crippen molar-refractivity contribution in [3.8, 4) is 0 Å². The van der Waals surface area contributed by atoms with Crippen LogP contribution in [0.4, 0.5) is 17.6 Å². The summed E-state index contributed by atoms with van der Waals surface area (Å²) in [6.07, 6.45) is -3.30. The molecule has 17 heavy (non-hydrogen) atoms. The van der Waals surface area contributed by atoms with Crippen molar-refractivity contribution in [3.63, 3.8) is 0 Å². The van der Waals surface area contributed by atoms with Gasteiger partial charge in [0.15, 0.2) is 0 Å². The Morgan fingerprint density at radius 3 is 2.29 bits per heavy atom. The fraction of sp³-hybridized carbons (Fsp3) is 0.500. The third kappa shape index (κ3) is 2.04. The van der Waals surface area contributed by atoms with E-state index in [-0.39, 0.29) is 5.56 Å². The first kappa shape index (κ1) is 12.4. The van der Waals surface area contributed by atoms with Gasteiger partial charge in [-0.25, -0.2) is 4.39 Å². The monoisotopic (exact) mass is 247 g/mol. The number of benzene rings is 1. The Balaban J connectivity index is 2.56. The predicted octanol–water partition coefficient (Wildman–Crippen LogP) is 3.22. The van der Waals surface area contributed by atoms with Crippen LogP contribution < -0.4 is 5.73 Å². The van der Waals surface area contributed by atoms with Crippen LogP contribution in [0.2, 0.25) is 0 Å². The smallest absolute Gasteiger partial charge is 0.327 e. The maximum Gasteiger partial charge on any atom is 0.416 e. The summed E-state index contributed by atoms with van der Waals surface area (Å²) in [6.45, 7) is 1.66. The molecule has 0 heterocycles. The predicted molar refractivity (Wildman–Crippen MR) is 56.0 cm³/mol. The molecule has 94 valence electrons. The summed E-state index contributed by atoms with van der Waals surface area (Å²) in [4.78, 5) is 0. The first-order chi connectivity index (χ1) is 7.77. The molecule has 2 N–H and O–H groups in total. The summed E-state index contributed by atoms with van der Waals surface area (Å²) in [7, 11) is 0. The van der Waals surface area contributed by atoms with E-state index in [1.165, 1.54) is 0 Å². The summed E-state index contributed by atoms with van der Waals surface area (Å²) >= 11 is 0. The molecule has 0 spiro atoms. The van der Waals surface area contributed by atoms with E-state index in [1.54, 1.807) is 6.92 Å². The molecule has 1 atom stereocenters. The van der Waals surface area contributed by atoms with Gasteiger partial charge in [-0.15, -0.1) is 0 Å². The van der Waals surface area contributed by atoms with Gasteiger partial charge in [-0.3, -0.25) is 0 Å².